The number of hydrogen-bond acceptors (Lipinski definition) is 3. The molecular weight excluding hydrogens is 269 g/mol. The fourth-order valence-electron chi connectivity index (χ4n) is 2.07. The quantitative estimate of drug-likeness (QED) is 0.917. The van der Waals surface area contributed by atoms with E-state index in [1.54, 1.807) is 43.3 Å². The molecule has 1 aromatic carbocycles. The summed E-state index contributed by atoms with van der Waals surface area (Å²) in [4.78, 5) is 18.2. The highest BCUT2D eigenvalue weighted by Crippen LogP contribution is 2.20. The molecule has 0 aliphatic carbocycles. The summed E-state index contributed by atoms with van der Waals surface area (Å²) in [6, 6.07) is 11.4. The van der Waals surface area contributed by atoms with Crippen LogP contribution in [0.15, 0.2) is 42.5 Å². The van der Waals surface area contributed by atoms with Gasteiger partial charge < -0.3 is 10.2 Å². The second-order valence-electron chi connectivity index (χ2n) is 4.44. The first-order chi connectivity index (χ1) is 10.2. The van der Waals surface area contributed by atoms with Crippen molar-refractivity contribution in [1.82, 2.24) is 4.98 Å². The van der Waals surface area contributed by atoms with E-state index in [0.29, 0.717) is 18.1 Å². The van der Waals surface area contributed by atoms with Crippen molar-refractivity contribution in [3.05, 3.63) is 54.0 Å². The number of benzene rings is 1. The molecule has 2 rings (SSSR count). The Morgan fingerprint density at radius 1 is 1.19 bits per heavy atom. The second-order valence-corrected chi connectivity index (χ2v) is 4.44. The summed E-state index contributed by atoms with van der Waals surface area (Å²) in [6.07, 6.45) is 0. The van der Waals surface area contributed by atoms with E-state index in [4.69, 9.17) is 0 Å². The Morgan fingerprint density at radius 3 is 2.62 bits per heavy atom. The predicted molar refractivity (Wildman–Crippen MR) is 82.2 cm³/mol. The van der Waals surface area contributed by atoms with Crippen LogP contribution in [-0.2, 0) is 0 Å². The van der Waals surface area contributed by atoms with Crippen LogP contribution in [0.25, 0.3) is 0 Å². The highest BCUT2D eigenvalue weighted by Gasteiger charge is 2.20. The van der Waals surface area contributed by atoms with Crippen molar-refractivity contribution in [2.45, 2.75) is 13.8 Å². The van der Waals surface area contributed by atoms with Gasteiger partial charge in [-0.25, -0.2) is 9.37 Å². The van der Waals surface area contributed by atoms with Gasteiger partial charge in [0.1, 0.15) is 17.3 Å². The molecule has 0 bridgehead atoms. The molecule has 0 radical (unpaired) electrons. The summed E-state index contributed by atoms with van der Waals surface area (Å²) in [7, 11) is 0. The van der Waals surface area contributed by atoms with Crippen LogP contribution in [0.1, 0.15) is 24.3 Å². The van der Waals surface area contributed by atoms with Crippen molar-refractivity contribution in [3.8, 4) is 0 Å². The first-order valence-electron chi connectivity index (χ1n) is 6.94. The van der Waals surface area contributed by atoms with Gasteiger partial charge in [-0.1, -0.05) is 18.2 Å². The Bertz CT molecular complexity index is 630. The van der Waals surface area contributed by atoms with E-state index in [-0.39, 0.29) is 11.6 Å². The molecule has 4 nitrogen and oxygen atoms in total. The maximum atomic E-state index is 13.9. The van der Waals surface area contributed by atoms with Crippen molar-refractivity contribution in [2.24, 2.45) is 0 Å². The lowest BCUT2D eigenvalue weighted by Crippen LogP contribution is -2.32. The molecule has 0 aliphatic heterocycles. The van der Waals surface area contributed by atoms with Gasteiger partial charge in [-0.05, 0) is 38.1 Å². The average molecular weight is 287 g/mol. The largest absolute Gasteiger partial charge is 0.370 e. The standard InChI is InChI=1S/C16H18FN3O/c1-3-18-15-11-7-9-13(19-15)16(21)20(4-2)14-10-6-5-8-12(14)17/h5-11H,3-4H2,1-2H3,(H,18,19). The van der Waals surface area contributed by atoms with Crippen LogP contribution in [0.4, 0.5) is 15.9 Å². The van der Waals surface area contributed by atoms with E-state index in [0.717, 1.165) is 6.54 Å². The zero-order valence-corrected chi connectivity index (χ0v) is 12.1. The molecule has 0 spiro atoms. The van der Waals surface area contributed by atoms with Crippen LogP contribution in [0.2, 0.25) is 0 Å². The molecule has 1 aromatic heterocycles. The van der Waals surface area contributed by atoms with Crippen molar-refractivity contribution < 1.29 is 9.18 Å². The lowest BCUT2D eigenvalue weighted by molar-refractivity contribution is 0.0983. The van der Waals surface area contributed by atoms with Gasteiger partial charge in [0.05, 0.1) is 5.69 Å². The second kappa shape index (κ2) is 6.83. The monoisotopic (exact) mass is 287 g/mol. The SMILES string of the molecule is CCNc1cccc(C(=O)N(CC)c2ccccc2F)n1. The highest BCUT2D eigenvalue weighted by atomic mass is 19.1. The lowest BCUT2D eigenvalue weighted by Gasteiger charge is -2.21. The number of hydrogen-bond donors (Lipinski definition) is 1. The first kappa shape index (κ1) is 15.0. The van der Waals surface area contributed by atoms with Gasteiger partial charge in [-0.15, -0.1) is 0 Å². The lowest BCUT2D eigenvalue weighted by atomic mass is 10.2. The Hall–Kier alpha value is -2.43. The maximum Gasteiger partial charge on any atom is 0.277 e. The summed E-state index contributed by atoms with van der Waals surface area (Å²) >= 11 is 0. The molecule has 1 amide bonds. The number of pyridine rings is 1. The van der Waals surface area contributed by atoms with E-state index < -0.39 is 5.82 Å². The molecule has 0 saturated carbocycles. The summed E-state index contributed by atoms with van der Waals surface area (Å²) < 4.78 is 13.9. The minimum absolute atomic E-state index is 0.264. The number of halogens is 1. The Labute approximate surface area is 123 Å². The number of carbonyl (C=O) groups is 1. The summed E-state index contributed by atoms with van der Waals surface area (Å²) in [5, 5.41) is 3.05. The van der Waals surface area contributed by atoms with Gasteiger partial charge in [0.2, 0.25) is 0 Å². The molecule has 1 N–H and O–H groups in total. The van der Waals surface area contributed by atoms with Crippen LogP contribution >= 0.6 is 0 Å². The van der Waals surface area contributed by atoms with Crippen LogP contribution < -0.4 is 10.2 Å². The summed E-state index contributed by atoms with van der Waals surface area (Å²) in [6.45, 7) is 4.84. The van der Waals surface area contributed by atoms with E-state index in [1.807, 2.05) is 6.92 Å². The molecule has 0 saturated heterocycles. The van der Waals surface area contributed by atoms with Gasteiger partial charge in [0.15, 0.2) is 0 Å². The van der Waals surface area contributed by atoms with Crippen LogP contribution in [0.3, 0.4) is 0 Å². The minimum atomic E-state index is -0.421. The van der Waals surface area contributed by atoms with Gasteiger partial charge >= 0.3 is 0 Å². The molecule has 2 aromatic rings. The van der Waals surface area contributed by atoms with Gasteiger partial charge in [0.25, 0.3) is 5.91 Å². The molecule has 0 atom stereocenters. The van der Waals surface area contributed by atoms with Gasteiger partial charge in [-0.3, -0.25) is 4.79 Å². The highest BCUT2D eigenvalue weighted by molar-refractivity contribution is 6.05. The number of rotatable bonds is 5. The zero-order chi connectivity index (χ0) is 15.2. The fourth-order valence-corrected chi connectivity index (χ4v) is 2.07. The Kier molecular flexibility index (Phi) is 4.87. The molecule has 5 heteroatoms. The van der Waals surface area contributed by atoms with Crippen LogP contribution in [0.5, 0.6) is 0 Å². The molecule has 21 heavy (non-hydrogen) atoms. The van der Waals surface area contributed by atoms with Gasteiger partial charge in [0, 0.05) is 13.1 Å². The number of nitrogens with one attached hydrogen (secondary N) is 1. The Balaban J connectivity index is 2.32. The number of anilines is 2. The number of aromatic nitrogens is 1. The van der Waals surface area contributed by atoms with Crippen molar-refractivity contribution >= 4 is 17.4 Å². The third-order valence-electron chi connectivity index (χ3n) is 3.03. The first-order valence-corrected chi connectivity index (χ1v) is 6.94. The van der Waals surface area contributed by atoms with Crippen molar-refractivity contribution in [1.29, 1.82) is 0 Å². The molecule has 0 fully saturated rings. The number of carbonyl (C=O) groups excluding carboxylic acids is 1. The van der Waals surface area contributed by atoms with E-state index in [1.165, 1.54) is 11.0 Å². The summed E-state index contributed by atoms with van der Waals surface area (Å²) in [5.41, 5.74) is 0.555. The number of para-hydroxylation sites is 1. The molecule has 0 unspecified atom stereocenters. The molecule has 1 heterocycles. The van der Waals surface area contributed by atoms with E-state index >= 15 is 0 Å². The third-order valence-corrected chi connectivity index (χ3v) is 3.03. The molecule has 110 valence electrons. The number of amides is 1. The number of nitrogens with zero attached hydrogens (tertiary/aromatic N) is 2. The summed E-state index contributed by atoms with van der Waals surface area (Å²) in [5.74, 6) is -0.106. The topological polar surface area (TPSA) is 45.2 Å². The molecular formula is C16H18FN3O. The van der Waals surface area contributed by atoms with Crippen LogP contribution in [-0.4, -0.2) is 24.0 Å². The van der Waals surface area contributed by atoms with E-state index in [2.05, 4.69) is 10.3 Å². The van der Waals surface area contributed by atoms with Crippen LogP contribution in [0, 0.1) is 5.82 Å². The van der Waals surface area contributed by atoms with Crippen molar-refractivity contribution in [3.63, 3.8) is 0 Å². The smallest absolute Gasteiger partial charge is 0.277 e. The average Bonchev–Trinajstić information content (AvgIpc) is 2.50. The van der Waals surface area contributed by atoms with Crippen molar-refractivity contribution in [2.75, 3.05) is 23.3 Å². The maximum absolute atomic E-state index is 13.9. The fraction of sp³-hybridized carbons (Fsp3) is 0.250. The van der Waals surface area contributed by atoms with Gasteiger partial charge in [-0.2, -0.15) is 0 Å². The Morgan fingerprint density at radius 2 is 1.95 bits per heavy atom. The molecule has 0 aliphatic rings. The minimum Gasteiger partial charge on any atom is -0.370 e. The third kappa shape index (κ3) is 3.37. The normalized spacial score (nSPS) is 10.2. The van der Waals surface area contributed by atoms with E-state index in [9.17, 15) is 9.18 Å². The zero-order valence-electron chi connectivity index (χ0n) is 12.1. The predicted octanol–water partition coefficient (Wildman–Crippen LogP) is 3.32.